The summed E-state index contributed by atoms with van der Waals surface area (Å²) < 4.78 is 29.1. The number of nitrogens with one attached hydrogen (secondary N) is 1. The zero-order valence-corrected chi connectivity index (χ0v) is 18.9. The SMILES string of the molecule is Cc1ccc(S(=O)(=O)n2c(C3=CCNCC3)cc3c(-c4ccccc4C)ncnc32)cc1. The molecule has 0 radical (unpaired) electrons. The second-order valence-corrected chi connectivity index (χ2v) is 9.86. The van der Waals surface area contributed by atoms with Gasteiger partial charge in [-0.05, 0) is 56.1 Å². The molecule has 1 aliphatic rings. The van der Waals surface area contributed by atoms with Crippen molar-refractivity contribution in [2.24, 2.45) is 0 Å². The normalized spacial score (nSPS) is 14.5. The van der Waals surface area contributed by atoms with Crippen LogP contribution in [-0.2, 0) is 10.0 Å². The number of hydrogen-bond donors (Lipinski definition) is 1. The second-order valence-electron chi connectivity index (χ2n) is 8.07. The van der Waals surface area contributed by atoms with Gasteiger partial charge in [0.15, 0.2) is 5.65 Å². The van der Waals surface area contributed by atoms with E-state index in [4.69, 9.17) is 0 Å². The predicted octanol–water partition coefficient (Wildman–Crippen LogP) is 4.33. The number of nitrogens with zero attached hydrogens (tertiary/aromatic N) is 3. The molecule has 0 spiro atoms. The van der Waals surface area contributed by atoms with Gasteiger partial charge in [0.25, 0.3) is 10.0 Å². The topological polar surface area (TPSA) is 76.9 Å². The van der Waals surface area contributed by atoms with Crippen LogP contribution in [0, 0.1) is 13.8 Å². The Bertz CT molecular complexity index is 1450. The molecule has 2 aromatic carbocycles. The summed E-state index contributed by atoms with van der Waals surface area (Å²) in [4.78, 5) is 9.25. The molecule has 32 heavy (non-hydrogen) atoms. The second kappa shape index (κ2) is 8.00. The Hall–Kier alpha value is -3.29. The highest BCUT2D eigenvalue weighted by Crippen LogP contribution is 2.35. The maximum Gasteiger partial charge on any atom is 0.269 e. The quantitative estimate of drug-likeness (QED) is 0.507. The standard InChI is InChI=1S/C25H24N4O2S/c1-17-7-9-20(10-8-17)32(30,31)29-23(19-11-13-26-14-12-19)15-22-24(27-16-28-25(22)29)21-6-4-3-5-18(21)2/h3-11,15-16,26H,12-14H2,1-2H3. The van der Waals surface area contributed by atoms with Gasteiger partial charge in [-0.2, -0.15) is 0 Å². The number of aromatic nitrogens is 3. The van der Waals surface area contributed by atoms with Gasteiger partial charge in [-0.15, -0.1) is 0 Å². The number of benzene rings is 2. The highest BCUT2D eigenvalue weighted by Gasteiger charge is 2.27. The van der Waals surface area contributed by atoms with Crippen molar-refractivity contribution in [2.75, 3.05) is 13.1 Å². The summed E-state index contributed by atoms with van der Waals surface area (Å²) in [6.45, 7) is 5.47. The molecular formula is C25H24N4O2S. The maximum atomic E-state index is 13.9. The lowest BCUT2D eigenvalue weighted by atomic mass is 10.0. The highest BCUT2D eigenvalue weighted by molar-refractivity contribution is 7.90. The van der Waals surface area contributed by atoms with E-state index in [1.807, 2.05) is 56.3 Å². The molecule has 6 nitrogen and oxygen atoms in total. The smallest absolute Gasteiger partial charge is 0.269 e. The largest absolute Gasteiger partial charge is 0.313 e. The zero-order valence-electron chi connectivity index (χ0n) is 18.0. The van der Waals surface area contributed by atoms with Crippen LogP contribution in [0.15, 0.2) is 71.9 Å². The van der Waals surface area contributed by atoms with Crippen LogP contribution < -0.4 is 5.32 Å². The van der Waals surface area contributed by atoms with E-state index in [1.165, 1.54) is 10.3 Å². The Morgan fingerprint density at radius 2 is 1.78 bits per heavy atom. The van der Waals surface area contributed by atoms with Crippen LogP contribution in [0.3, 0.4) is 0 Å². The fourth-order valence-corrected chi connectivity index (χ4v) is 5.67. The minimum absolute atomic E-state index is 0.243. The fourth-order valence-electron chi connectivity index (χ4n) is 4.18. The van der Waals surface area contributed by atoms with Gasteiger partial charge in [0.05, 0.1) is 16.3 Å². The van der Waals surface area contributed by atoms with Crippen molar-refractivity contribution >= 4 is 26.6 Å². The minimum atomic E-state index is -3.86. The van der Waals surface area contributed by atoms with E-state index in [9.17, 15) is 8.42 Å². The predicted molar refractivity (Wildman–Crippen MR) is 127 cm³/mol. The Morgan fingerprint density at radius 1 is 1.00 bits per heavy atom. The van der Waals surface area contributed by atoms with Gasteiger partial charge in [-0.3, -0.25) is 0 Å². The highest BCUT2D eigenvalue weighted by atomic mass is 32.2. The molecule has 0 bridgehead atoms. The molecule has 7 heteroatoms. The molecule has 162 valence electrons. The number of rotatable bonds is 4. The summed E-state index contributed by atoms with van der Waals surface area (Å²) in [5.74, 6) is 0. The molecule has 0 unspecified atom stereocenters. The third-order valence-electron chi connectivity index (χ3n) is 5.91. The van der Waals surface area contributed by atoms with Gasteiger partial charge < -0.3 is 5.32 Å². The molecule has 2 aromatic heterocycles. The van der Waals surface area contributed by atoms with Crippen LogP contribution in [0.2, 0.25) is 0 Å². The van der Waals surface area contributed by atoms with Gasteiger partial charge in [-0.25, -0.2) is 22.4 Å². The van der Waals surface area contributed by atoms with E-state index in [0.29, 0.717) is 17.9 Å². The van der Waals surface area contributed by atoms with Crippen molar-refractivity contribution in [3.8, 4) is 11.3 Å². The van der Waals surface area contributed by atoms with Crippen molar-refractivity contribution < 1.29 is 8.42 Å². The van der Waals surface area contributed by atoms with Crippen molar-refractivity contribution in [1.29, 1.82) is 0 Å². The lowest BCUT2D eigenvalue weighted by molar-refractivity contribution is 0.588. The van der Waals surface area contributed by atoms with E-state index in [-0.39, 0.29) is 4.90 Å². The summed E-state index contributed by atoms with van der Waals surface area (Å²) in [7, 11) is -3.86. The first-order valence-electron chi connectivity index (χ1n) is 10.6. The summed E-state index contributed by atoms with van der Waals surface area (Å²) in [5.41, 5.74) is 5.83. The molecule has 0 aliphatic carbocycles. The Balaban J connectivity index is 1.83. The molecular weight excluding hydrogens is 420 g/mol. The van der Waals surface area contributed by atoms with E-state index < -0.39 is 10.0 Å². The lowest BCUT2D eigenvalue weighted by Crippen LogP contribution is -2.22. The molecule has 4 aromatic rings. The van der Waals surface area contributed by atoms with Crippen molar-refractivity contribution in [3.05, 3.63) is 83.8 Å². The monoisotopic (exact) mass is 444 g/mol. The number of aryl methyl sites for hydroxylation is 2. The summed E-state index contributed by atoms with van der Waals surface area (Å²) in [6, 6.07) is 16.8. The summed E-state index contributed by atoms with van der Waals surface area (Å²) in [5, 5.41) is 4.02. The average molecular weight is 445 g/mol. The van der Waals surface area contributed by atoms with Gasteiger partial charge in [0.2, 0.25) is 0 Å². The third kappa shape index (κ3) is 3.43. The van der Waals surface area contributed by atoms with E-state index >= 15 is 0 Å². The molecule has 3 heterocycles. The molecule has 1 aliphatic heterocycles. The van der Waals surface area contributed by atoms with Gasteiger partial charge in [0, 0.05) is 17.5 Å². The Kier molecular flexibility index (Phi) is 5.15. The first-order valence-corrected chi connectivity index (χ1v) is 12.1. The van der Waals surface area contributed by atoms with E-state index in [2.05, 4.69) is 21.4 Å². The van der Waals surface area contributed by atoms with Crippen LogP contribution in [0.4, 0.5) is 0 Å². The average Bonchev–Trinajstić information content (AvgIpc) is 3.21. The van der Waals surface area contributed by atoms with Crippen LogP contribution in [0.25, 0.3) is 27.9 Å². The van der Waals surface area contributed by atoms with Gasteiger partial charge in [-0.1, -0.05) is 48.0 Å². The van der Waals surface area contributed by atoms with Gasteiger partial charge in [0.1, 0.15) is 6.33 Å². The molecule has 1 N–H and O–H groups in total. The molecule has 0 atom stereocenters. The first kappa shape index (κ1) is 20.6. The summed E-state index contributed by atoms with van der Waals surface area (Å²) in [6.07, 6.45) is 4.25. The summed E-state index contributed by atoms with van der Waals surface area (Å²) >= 11 is 0. The number of fused-ring (bicyclic) bond motifs is 1. The lowest BCUT2D eigenvalue weighted by Gasteiger charge is -2.17. The minimum Gasteiger partial charge on any atom is -0.313 e. The molecule has 0 fully saturated rings. The maximum absolute atomic E-state index is 13.9. The molecule has 0 amide bonds. The molecule has 5 rings (SSSR count). The van der Waals surface area contributed by atoms with Gasteiger partial charge >= 0.3 is 0 Å². The molecule has 0 saturated carbocycles. The Labute approximate surface area is 187 Å². The van der Waals surface area contributed by atoms with Crippen molar-refractivity contribution in [2.45, 2.75) is 25.2 Å². The van der Waals surface area contributed by atoms with E-state index in [0.717, 1.165) is 46.3 Å². The van der Waals surface area contributed by atoms with Crippen LogP contribution in [0.5, 0.6) is 0 Å². The van der Waals surface area contributed by atoms with E-state index in [1.54, 1.807) is 12.1 Å². The first-order chi connectivity index (χ1) is 15.5. The fraction of sp³-hybridized carbons (Fsp3) is 0.200. The molecule has 0 saturated heterocycles. The number of hydrogen-bond acceptors (Lipinski definition) is 5. The van der Waals surface area contributed by atoms with Crippen molar-refractivity contribution in [3.63, 3.8) is 0 Å². The third-order valence-corrected chi connectivity index (χ3v) is 7.63. The van der Waals surface area contributed by atoms with Crippen LogP contribution >= 0.6 is 0 Å². The van der Waals surface area contributed by atoms with Crippen molar-refractivity contribution in [1.82, 2.24) is 19.3 Å². The Morgan fingerprint density at radius 3 is 2.50 bits per heavy atom. The van der Waals surface area contributed by atoms with Crippen LogP contribution in [0.1, 0.15) is 23.2 Å². The zero-order chi connectivity index (χ0) is 22.3. The van der Waals surface area contributed by atoms with Crippen LogP contribution in [-0.4, -0.2) is 35.4 Å².